The molecule has 3 rings (SSSR count). The number of nitrogens with zero attached hydrogens (tertiary/aromatic N) is 4. The highest BCUT2D eigenvalue weighted by Gasteiger charge is 2.32. The highest BCUT2D eigenvalue weighted by atomic mass is 19.4. The summed E-state index contributed by atoms with van der Waals surface area (Å²) in [7, 11) is 0. The topological polar surface area (TPSA) is 81.4 Å². The lowest BCUT2D eigenvalue weighted by atomic mass is 10.0. The third-order valence-corrected chi connectivity index (χ3v) is 4.71. The number of hydrogen-bond acceptors (Lipinski definition) is 6. The largest absolute Gasteiger partial charge is 0.473 e. The fourth-order valence-electron chi connectivity index (χ4n) is 3.10. The third kappa shape index (κ3) is 5.26. The second-order valence-electron chi connectivity index (χ2n) is 7.05. The molecular formula is C21H19F5N4O3. The first-order valence-corrected chi connectivity index (χ1v) is 9.78. The van der Waals surface area contributed by atoms with Gasteiger partial charge in [-0.2, -0.15) is 13.2 Å². The zero-order valence-electron chi connectivity index (χ0n) is 17.8. The Balaban J connectivity index is 1.80. The number of likely N-dealkylation sites (N-methyl/N-ethyl adjacent to an activating group) is 1. The minimum absolute atomic E-state index is 0.0359. The van der Waals surface area contributed by atoms with Crippen LogP contribution in [0.25, 0.3) is 11.5 Å². The first-order valence-electron chi connectivity index (χ1n) is 9.78. The first-order chi connectivity index (χ1) is 15.5. The summed E-state index contributed by atoms with van der Waals surface area (Å²) in [4.78, 5) is 17.9. The normalized spacial score (nSPS) is 12.5. The summed E-state index contributed by atoms with van der Waals surface area (Å²) in [6.45, 7) is 4.66. The smallest absolute Gasteiger partial charge is 0.417 e. The Morgan fingerprint density at radius 1 is 1.21 bits per heavy atom. The molecule has 0 spiro atoms. The van der Waals surface area contributed by atoms with Gasteiger partial charge in [-0.1, -0.05) is 6.07 Å². The van der Waals surface area contributed by atoms with Crippen molar-refractivity contribution < 1.29 is 35.9 Å². The average molecular weight is 470 g/mol. The quantitative estimate of drug-likeness (QED) is 0.467. The van der Waals surface area contributed by atoms with Crippen molar-refractivity contribution in [3.63, 3.8) is 0 Å². The molecule has 0 N–H and O–H groups in total. The van der Waals surface area contributed by atoms with E-state index in [2.05, 4.69) is 15.2 Å². The van der Waals surface area contributed by atoms with Crippen molar-refractivity contribution in [3.8, 4) is 17.3 Å². The minimum atomic E-state index is -4.75. The number of halogens is 5. The predicted molar refractivity (Wildman–Crippen MR) is 105 cm³/mol. The number of hydrogen-bond donors (Lipinski definition) is 0. The Morgan fingerprint density at radius 2 is 1.94 bits per heavy atom. The lowest BCUT2D eigenvalue weighted by molar-refractivity contribution is -0.138. The highest BCUT2D eigenvalue weighted by Crippen LogP contribution is 2.31. The average Bonchev–Trinajstić information content (AvgIpc) is 3.18. The Kier molecular flexibility index (Phi) is 6.94. The van der Waals surface area contributed by atoms with Gasteiger partial charge in [-0.25, -0.2) is 13.8 Å². The number of aromatic nitrogens is 3. The molecule has 0 saturated carbocycles. The molecule has 1 unspecified atom stereocenters. The molecule has 12 heteroatoms. The molecule has 0 saturated heterocycles. The number of alkyl halides is 3. The summed E-state index contributed by atoms with van der Waals surface area (Å²) in [6.07, 6.45) is -4.29. The standard InChI is InChI=1S/C21H19F5N4O3/c1-4-30(11(2)10-32-18-16(23)8-13(9-27-18)21(24,25)26)20(31)14-6-5-7-15(22)17(14)19-29-28-12(3)33-19/h5-9,11H,4,10H2,1-3H3. The Labute approximate surface area is 185 Å². The fraction of sp³-hybridized carbons (Fsp3) is 0.333. The van der Waals surface area contributed by atoms with E-state index in [1.165, 1.54) is 24.0 Å². The molecule has 0 radical (unpaired) electrons. The fourth-order valence-corrected chi connectivity index (χ4v) is 3.10. The van der Waals surface area contributed by atoms with Crippen molar-refractivity contribution in [1.82, 2.24) is 20.1 Å². The van der Waals surface area contributed by atoms with Gasteiger partial charge in [0.1, 0.15) is 12.4 Å². The summed E-state index contributed by atoms with van der Waals surface area (Å²) in [5.74, 6) is -3.21. The van der Waals surface area contributed by atoms with Gasteiger partial charge in [-0.15, -0.1) is 10.2 Å². The number of amides is 1. The summed E-state index contributed by atoms with van der Waals surface area (Å²) >= 11 is 0. The Hall–Kier alpha value is -3.57. The summed E-state index contributed by atoms with van der Waals surface area (Å²) in [5, 5.41) is 7.43. The van der Waals surface area contributed by atoms with E-state index in [0.717, 1.165) is 6.07 Å². The zero-order chi connectivity index (χ0) is 24.3. The first kappa shape index (κ1) is 24.1. The van der Waals surface area contributed by atoms with Gasteiger partial charge in [0.05, 0.1) is 22.7 Å². The number of aryl methyl sites for hydroxylation is 1. The van der Waals surface area contributed by atoms with Crippen molar-refractivity contribution in [2.24, 2.45) is 0 Å². The molecule has 2 heterocycles. The highest BCUT2D eigenvalue weighted by molar-refractivity contribution is 6.00. The Bertz CT molecular complexity index is 1150. The monoisotopic (exact) mass is 470 g/mol. The van der Waals surface area contributed by atoms with Gasteiger partial charge in [0.2, 0.25) is 11.8 Å². The number of ether oxygens (including phenoxy) is 1. The van der Waals surface area contributed by atoms with E-state index >= 15 is 0 Å². The maximum Gasteiger partial charge on any atom is 0.417 e. The van der Waals surface area contributed by atoms with Gasteiger partial charge in [-0.3, -0.25) is 4.79 Å². The van der Waals surface area contributed by atoms with Gasteiger partial charge in [0.25, 0.3) is 11.8 Å². The van der Waals surface area contributed by atoms with E-state index < -0.39 is 41.2 Å². The van der Waals surface area contributed by atoms with Gasteiger partial charge in [-0.05, 0) is 32.0 Å². The van der Waals surface area contributed by atoms with Crippen molar-refractivity contribution in [1.29, 1.82) is 0 Å². The molecule has 33 heavy (non-hydrogen) atoms. The van der Waals surface area contributed by atoms with Crippen LogP contribution in [0.4, 0.5) is 22.0 Å². The van der Waals surface area contributed by atoms with Gasteiger partial charge < -0.3 is 14.1 Å². The minimum Gasteiger partial charge on any atom is -0.473 e. The predicted octanol–water partition coefficient (Wildman–Crippen LogP) is 4.67. The van der Waals surface area contributed by atoms with E-state index in [9.17, 15) is 26.7 Å². The molecule has 176 valence electrons. The van der Waals surface area contributed by atoms with Crippen molar-refractivity contribution in [2.45, 2.75) is 33.0 Å². The molecule has 0 aliphatic carbocycles. The van der Waals surface area contributed by atoms with Gasteiger partial charge >= 0.3 is 6.18 Å². The van der Waals surface area contributed by atoms with Crippen LogP contribution in [0.3, 0.4) is 0 Å². The second-order valence-corrected chi connectivity index (χ2v) is 7.05. The molecule has 1 amide bonds. The van der Waals surface area contributed by atoms with E-state index in [1.807, 2.05) is 0 Å². The molecule has 1 atom stereocenters. The maximum absolute atomic E-state index is 14.6. The Morgan fingerprint density at radius 3 is 2.52 bits per heavy atom. The molecule has 7 nitrogen and oxygen atoms in total. The number of pyridine rings is 1. The van der Waals surface area contributed by atoms with Gasteiger partial charge in [0, 0.05) is 19.7 Å². The van der Waals surface area contributed by atoms with Crippen molar-refractivity contribution in [3.05, 3.63) is 59.1 Å². The molecule has 0 aliphatic heterocycles. The number of carbonyl (C=O) groups is 1. The van der Waals surface area contributed by atoms with E-state index in [-0.39, 0.29) is 42.1 Å². The van der Waals surface area contributed by atoms with Crippen LogP contribution in [0.1, 0.15) is 35.7 Å². The van der Waals surface area contributed by atoms with Crippen LogP contribution < -0.4 is 4.74 Å². The third-order valence-electron chi connectivity index (χ3n) is 4.71. The van der Waals surface area contributed by atoms with Gasteiger partial charge in [0.15, 0.2) is 5.82 Å². The van der Waals surface area contributed by atoms with E-state index in [4.69, 9.17) is 9.15 Å². The maximum atomic E-state index is 14.6. The SMILES string of the molecule is CCN(C(=O)c1cccc(F)c1-c1nnc(C)o1)C(C)COc1ncc(C(F)(F)F)cc1F. The molecule has 0 aliphatic rings. The van der Waals surface area contributed by atoms with E-state index in [0.29, 0.717) is 6.20 Å². The molecular weight excluding hydrogens is 451 g/mol. The van der Waals surface area contributed by atoms with Crippen molar-refractivity contribution >= 4 is 5.91 Å². The summed E-state index contributed by atoms with van der Waals surface area (Å²) in [5.41, 5.74) is -1.45. The number of rotatable bonds is 7. The lowest BCUT2D eigenvalue weighted by Crippen LogP contribution is -2.42. The molecule has 3 aromatic rings. The van der Waals surface area contributed by atoms with Crippen LogP contribution in [-0.4, -0.2) is 45.2 Å². The van der Waals surface area contributed by atoms with Crippen LogP contribution in [0, 0.1) is 18.6 Å². The number of carbonyl (C=O) groups excluding carboxylic acids is 1. The number of benzene rings is 1. The molecule has 2 aromatic heterocycles. The van der Waals surface area contributed by atoms with Crippen LogP contribution >= 0.6 is 0 Å². The van der Waals surface area contributed by atoms with Crippen LogP contribution in [0.5, 0.6) is 5.88 Å². The summed E-state index contributed by atoms with van der Waals surface area (Å²) in [6, 6.07) is 3.50. The zero-order valence-corrected chi connectivity index (χ0v) is 17.8. The summed E-state index contributed by atoms with van der Waals surface area (Å²) < 4.78 is 77.0. The second kappa shape index (κ2) is 9.51. The van der Waals surface area contributed by atoms with Crippen LogP contribution in [0.15, 0.2) is 34.9 Å². The van der Waals surface area contributed by atoms with Crippen LogP contribution in [0.2, 0.25) is 0 Å². The van der Waals surface area contributed by atoms with Crippen LogP contribution in [-0.2, 0) is 6.18 Å². The molecule has 0 bridgehead atoms. The molecule has 0 fully saturated rings. The van der Waals surface area contributed by atoms with E-state index in [1.54, 1.807) is 13.8 Å². The molecule has 1 aromatic carbocycles. The lowest BCUT2D eigenvalue weighted by Gasteiger charge is -2.28. The van der Waals surface area contributed by atoms with Crippen molar-refractivity contribution in [2.75, 3.05) is 13.2 Å².